The topological polar surface area (TPSA) is 101 Å². The third kappa shape index (κ3) is 2.60. The summed E-state index contributed by atoms with van der Waals surface area (Å²) >= 11 is 0. The molecule has 0 saturated carbocycles. The van der Waals surface area contributed by atoms with Gasteiger partial charge in [-0.3, -0.25) is 9.59 Å². The third-order valence-corrected chi connectivity index (χ3v) is 4.68. The summed E-state index contributed by atoms with van der Waals surface area (Å²) in [6.07, 6.45) is 4.25. The van der Waals surface area contributed by atoms with Crippen molar-refractivity contribution in [2.45, 2.75) is 44.2 Å². The lowest BCUT2D eigenvalue weighted by Gasteiger charge is -2.44. The van der Waals surface area contributed by atoms with Crippen LogP contribution in [0.25, 0.3) is 0 Å². The van der Waals surface area contributed by atoms with E-state index in [0.29, 0.717) is 24.1 Å². The molecule has 0 bridgehead atoms. The first-order chi connectivity index (χ1) is 11.6. The number of nitrogen functional groups attached to an aromatic ring is 1. The number of anilines is 1. The van der Waals surface area contributed by atoms with Gasteiger partial charge in [0, 0.05) is 30.6 Å². The first-order valence-corrected chi connectivity index (χ1v) is 8.02. The Labute approximate surface area is 139 Å². The SMILES string of the molecule is Nc1ccc2c(c1)C(=O)N(N1C(CC=O)CCCC1CC=O)C2=O. The Morgan fingerprint density at radius 3 is 2.17 bits per heavy atom. The van der Waals surface area contributed by atoms with Crippen molar-refractivity contribution in [3.8, 4) is 0 Å². The van der Waals surface area contributed by atoms with E-state index in [1.807, 2.05) is 0 Å². The van der Waals surface area contributed by atoms with E-state index in [9.17, 15) is 19.2 Å². The van der Waals surface area contributed by atoms with Crippen molar-refractivity contribution >= 4 is 30.1 Å². The highest BCUT2D eigenvalue weighted by Crippen LogP contribution is 2.34. The number of aldehydes is 2. The van der Waals surface area contributed by atoms with Gasteiger partial charge in [0.1, 0.15) is 12.6 Å². The molecule has 2 aliphatic rings. The minimum atomic E-state index is -0.448. The van der Waals surface area contributed by atoms with Crippen molar-refractivity contribution in [3.63, 3.8) is 0 Å². The largest absolute Gasteiger partial charge is 0.399 e. The fraction of sp³-hybridized carbons (Fsp3) is 0.412. The van der Waals surface area contributed by atoms with Crippen molar-refractivity contribution in [3.05, 3.63) is 29.3 Å². The number of imide groups is 1. The fourth-order valence-electron chi connectivity index (χ4n) is 3.61. The van der Waals surface area contributed by atoms with Gasteiger partial charge in [-0.1, -0.05) is 6.42 Å². The first-order valence-electron chi connectivity index (χ1n) is 8.02. The number of nitrogens with zero attached hydrogens (tertiary/aromatic N) is 2. The molecule has 2 amide bonds. The second-order valence-electron chi connectivity index (χ2n) is 6.15. The van der Waals surface area contributed by atoms with Crippen LogP contribution in [-0.2, 0) is 9.59 Å². The molecule has 2 atom stereocenters. The molecular formula is C17H19N3O4. The molecule has 2 unspecified atom stereocenters. The zero-order valence-electron chi connectivity index (χ0n) is 13.2. The molecule has 1 aromatic rings. The molecule has 0 radical (unpaired) electrons. The quantitative estimate of drug-likeness (QED) is 0.494. The number of rotatable bonds is 5. The van der Waals surface area contributed by atoms with Gasteiger partial charge in [-0.25, -0.2) is 10.0 Å². The third-order valence-electron chi connectivity index (χ3n) is 4.68. The summed E-state index contributed by atoms with van der Waals surface area (Å²) in [5, 5.41) is 2.75. The molecule has 3 rings (SSSR count). The average Bonchev–Trinajstić information content (AvgIpc) is 2.80. The molecule has 1 aromatic carbocycles. The number of carbonyl (C=O) groups excluding carboxylic acids is 4. The number of hydrogen-bond acceptors (Lipinski definition) is 6. The standard InChI is InChI=1S/C17H19N3O4/c18-11-4-5-14-15(10-11)17(24)20(16(14)23)19-12(6-8-21)2-1-3-13(19)7-9-22/h4-5,8-10,12-13H,1-3,6-7,18H2. The van der Waals surface area contributed by atoms with Crippen molar-refractivity contribution in [1.82, 2.24) is 10.0 Å². The summed E-state index contributed by atoms with van der Waals surface area (Å²) in [6, 6.07) is 4.08. The van der Waals surface area contributed by atoms with Crippen LogP contribution < -0.4 is 5.73 Å². The second kappa shape index (κ2) is 6.52. The molecule has 1 saturated heterocycles. The Bertz CT molecular complexity index is 685. The predicted octanol–water partition coefficient (Wildman–Crippen LogP) is 1.18. The Hall–Kier alpha value is -2.54. The van der Waals surface area contributed by atoms with E-state index < -0.39 is 11.8 Å². The van der Waals surface area contributed by atoms with Gasteiger partial charge in [0.25, 0.3) is 11.8 Å². The molecule has 2 N–H and O–H groups in total. The lowest BCUT2D eigenvalue weighted by atomic mass is 9.94. The molecule has 2 aliphatic heterocycles. The van der Waals surface area contributed by atoms with Gasteiger partial charge in [-0.2, -0.15) is 0 Å². The molecular weight excluding hydrogens is 310 g/mol. The Morgan fingerprint density at radius 1 is 1.00 bits per heavy atom. The number of hydrogen-bond donors (Lipinski definition) is 1. The number of fused-ring (bicyclic) bond motifs is 1. The van der Waals surface area contributed by atoms with E-state index in [2.05, 4.69) is 0 Å². The average molecular weight is 329 g/mol. The maximum atomic E-state index is 12.8. The summed E-state index contributed by atoms with van der Waals surface area (Å²) < 4.78 is 0. The Kier molecular flexibility index (Phi) is 4.44. The Balaban J connectivity index is 2.00. The van der Waals surface area contributed by atoms with E-state index in [4.69, 9.17) is 5.73 Å². The molecule has 7 nitrogen and oxygen atoms in total. The van der Waals surface area contributed by atoms with Crippen LogP contribution in [0.5, 0.6) is 0 Å². The molecule has 7 heteroatoms. The normalized spacial score (nSPS) is 24.1. The highest BCUT2D eigenvalue weighted by atomic mass is 16.2. The highest BCUT2D eigenvalue weighted by Gasteiger charge is 2.45. The maximum absolute atomic E-state index is 12.8. The predicted molar refractivity (Wildman–Crippen MR) is 86.0 cm³/mol. The number of hydrazine groups is 1. The van der Waals surface area contributed by atoms with Crippen molar-refractivity contribution in [2.24, 2.45) is 0 Å². The van der Waals surface area contributed by atoms with Crippen LogP contribution in [-0.4, -0.2) is 46.5 Å². The number of amides is 2. The minimum Gasteiger partial charge on any atom is -0.399 e. The first kappa shape index (κ1) is 16.3. The molecule has 2 heterocycles. The monoisotopic (exact) mass is 329 g/mol. The number of nitrogens with two attached hydrogens (primary N) is 1. The van der Waals surface area contributed by atoms with Crippen LogP contribution in [0.1, 0.15) is 52.8 Å². The highest BCUT2D eigenvalue weighted by molar-refractivity contribution is 6.21. The summed E-state index contributed by atoms with van der Waals surface area (Å²) in [5.74, 6) is -0.875. The van der Waals surface area contributed by atoms with Crippen LogP contribution in [0, 0.1) is 0 Å². The maximum Gasteiger partial charge on any atom is 0.276 e. The summed E-state index contributed by atoms with van der Waals surface area (Å²) in [7, 11) is 0. The van der Waals surface area contributed by atoms with Gasteiger partial charge < -0.3 is 15.3 Å². The van der Waals surface area contributed by atoms with Crippen LogP contribution in [0.2, 0.25) is 0 Å². The van der Waals surface area contributed by atoms with Crippen LogP contribution >= 0.6 is 0 Å². The smallest absolute Gasteiger partial charge is 0.276 e. The molecule has 0 aromatic heterocycles. The summed E-state index contributed by atoms with van der Waals surface area (Å²) in [5.41, 5.74) is 6.70. The van der Waals surface area contributed by atoms with Crippen molar-refractivity contribution in [1.29, 1.82) is 0 Å². The van der Waals surface area contributed by atoms with E-state index in [0.717, 1.165) is 24.0 Å². The number of carbonyl (C=O) groups is 4. The fourth-order valence-corrected chi connectivity index (χ4v) is 3.61. The van der Waals surface area contributed by atoms with Crippen LogP contribution in [0.3, 0.4) is 0 Å². The van der Waals surface area contributed by atoms with Gasteiger partial charge in [-0.05, 0) is 31.0 Å². The lowest BCUT2D eigenvalue weighted by Crippen LogP contribution is -2.58. The molecule has 0 aliphatic carbocycles. The van der Waals surface area contributed by atoms with Gasteiger partial charge in [0.05, 0.1) is 11.1 Å². The second-order valence-corrected chi connectivity index (χ2v) is 6.15. The number of piperidine rings is 1. The van der Waals surface area contributed by atoms with Gasteiger partial charge in [-0.15, -0.1) is 0 Å². The van der Waals surface area contributed by atoms with Gasteiger partial charge >= 0.3 is 0 Å². The summed E-state index contributed by atoms with van der Waals surface area (Å²) in [4.78, 5) is 47.6. The van der Waals surface area contributed by atoms with Crippen molar-refractivity contribution in [2.75, 3.05) is 5.73 Å². The zero-order chi connectivity index (χ0) is 17.3. The summed E-state index contributed by atoms with van der Waals surface area (Å²) in [6.45, 7) is 0. The Morgan fingerprint density at radius 2 is 1.58 bits per heavy atom. The van der Waals surface area contributed by atoms with Crippen molar-refractivity contribution < 1.29 is 19.2 Å². The van der Waals surface area contributed by atoms with Gasteiger partial charge in [0.2, 0.25) is 0 Å². The minimum absolute atomic E-state index is 0.213. The van der Waals surface area contributed by atoms with E-state index in [1.54, 1.807) is 11.1 Å². The van der Waals surface area contributed by atoms with E-state index >= 15 is 0 Å². The lowest BCUT2D eigenvalue weighted by molar-refractivity contribution is -0.117. The van der Waals surface area contributed by atoms with Crippen LogP contribution in [0.4, 0.5) is 5.69 Å². The molecule has 126 valence electrons. The molecule has 1 fully saturated rings. The van der Waals surface area contributed by atoms with Gasteiger partial charge in [0.15, 0.2) is 0 Å². The molecule has 0 spiro atoms. The number of benzene rings is 1. The van der Waals surface area contributed by atoms with Crippen LogP contribution in [0.15, 0.2) is 18.2 Å². The zero-order valence-corrected chi connectivity index (χ0v) is 13.2. The van der Waals surface area contributed by atoms with E-state index in [-0.39, 0.29) is 30.5 Å². The molecule has 24 heavy (non-hydrogen) atoms. The van der Waals surface area contributed by atoms with E-state index in [1.165, 1.54) is 12.1 Å².